The topological polar surface area (TPSA) is 50.4 Å². The van der Waals surface area contributed by atoms with Gasteiger partial charge < -0.3 is 15.4 Å². The van der Waals surface area contributed by atoms with Crippen LogP contribution in [0.25, 0.3) is 0 Å². The van der Waals surface area contributed by atoms with Crippen LogP contribution in [0.5, 0.6) is 0 Å². The minimum absolute atomic E-state index is 0. The second-order valence-electron chi connectivity index (χ2n) is 6.02. The Bertz CT molecular complexity index is 266. The van der Waals surface area contributed by atoms with Gasteiger partial charge in [0.25, 0.3) is 0 Å². The van der Waals surface area contributed by atoms with E-state index in [2.05, 4.69) is 10.6 Å². The van der Waals surface area contributed by atoms with Crippen molar-refractivity contribution in [3.05, 3.63) is 0 Å². The molecule has 0 aromatic rings. The smallest absolute Gasteiger partial charge is 0.407 e. The number of hydrogen-bond donors (Lipinski definition) is 2. The van der Waals surface area contributed by atoms with Crippen molar-refractivity contribution in [2.24, 2.45) is 5.92 Å². The van der Waals surface area contributed by atoms with Gasteiger partial charge >= 0.3 is 6.09 Å². The largest absolute Gasteiger partial charge is 0.444 e. The van der Waals surface area contributed by atoms with Gasteiger partial charge in [0.15, 0.2) is 0 Å². The van der Waals surface area contributed by atoms with Gasteiger partial charge in [0.2, 0.25) is 0 Å². The molecule has 2 N–H and O–H groups in total. The van der Waals surface area contributed by atoms with Crippen LogP contribution < -0.4 is 10.6 Å². The summed E-state index contributed by atoms with van der Waals surface area (Å²) in [5.74, 6) is 0.735. The molecule has 0 aromatic carbocycles. The summed E-state index contributed by atoms with van der Waals surface area (Å²) in [5.41, 5.74) is -0.407. The number of fused-ring (bicyclic) bond motifs is 2. The molecule has 5 heteroatoms. The Hall–Kier alpha value is -0.480. The number of alkyl carbamates (subject to hydrolysis) is 1. The third-order valence-electron chi connectivity index (χ3n) is 3.22. The second-order valence-corrected chi connectivity index (χ2v) is 6.02. The van der Waals surface area contributed by atoms with Crippen LogP contribution in [0.4, 0.5) is 4.79 Å². The molecule has 0 unspecified atom stereocenters. The fourth-order valence-electron chi connectivity index (χ4n) is 2.70. The van der Waals surface area contributed by atoms with Gasteiger partial charge in [-0.3, -0.25) is 0 Å². The molecule has 0 radical (unpaired) electrons. The Kier molecular flexibility index (Phi) is 4.67. The highest BCUT2D eigenvalue weighted by atomic mass is 35.5. The van der Waals surface area contributed by atoms with E-state index in [9.17, 15) is 4.79 Å². The Morgan fingerprint density at radius 3 is 2.59 bits per heavy atom. The molecule has 1 amide bonds. The maximum Gasteiger partial charge on any atom is 0.407 e. The summed E-state index contributed by atoms with van der Waals surface area (Å²) in [6.07, 6.45) is 3.11. The summed E-state index contributed by atoms with van der Waals surface area (Å²) in [5, 5.41) is 6.45. The first-order chi connectivity index (χ1) is 7.42. The lowest BCUT2D eigenvalue weighted by Gasteiger charge is -2.29. The number of halogens is 1. The molecule has 2 aliphatic rings. The lowest BCUT2D eigenvalue weighted by atomic mass is 9.87. The molecule has 0 spiro atoms. The van der Waals surface area contributed by atoms with Gasteiger partial charge in [0.05, 0.1) is 0 Å². The molecule has 2 rings (SSSR count). The summed E-state index contributed by atoms with van der Waals surface area (Å²) in [4.78, 5) is 11.6. The van der Waals surface area contributed by atoms with Crippen LogP contribution in [0, 0.1) is 5.92 Å². The zero-order chi connectivity index (χ0) is 11.8. The average molecular weight is 263 g/mol. The summed E-state index contributed by atoms with van der Waals surface area (Å²) in [6, 6.07) is 0.882. The predicted octanol–water partition coefficient (Wildman–Crippen LogP) is 2.07. The van der Waals surface area contributed by atoms with Gasteiger partial charge in [-0.1, -0.05) is 0 Å². The summed E-state index contributed by atoms with van der Waals surface area (Å²) in [6.45, 7) is 6.77. The molecule has 1 aliphatic carbocycles. The Morgan fingerprint density at radius 2 is 2.00 bits per heavy atom. The van der Waals surface area contributed by atoms with Gasteiger partial charge in [-0.2, -0.15) is 0 Å². The number of carbonyl (C=O) groups excluding carboxylic acids is 1. The van der Waals surface area contributed by atoms with Crippen LogP contribution >= 0.6 is 12.4 Å². The minimum Gasteiger partial charge on any atom is -0.444 e. The quantitative estimate of drug-likeness (QED) is 0.761. The number of ether oxygens (including phenoxy) is 1. The van der Waals surface area contributed by atoms with Crippen molar-refractivity contribution in [2.75, 3.05) is 6.54 Å². The number of carbonyl (C=O) groups is 1. The van der Waals surface area contributed by atoms with E-state index in [1.54, 1.807) is 0 Å². The van der Waals surface area contributed by atoms with Crippen LogP contribution in [0.2, 0.25) is 0 Å². The molecule has 3 atom stereocenters. The molecular formula is C12H23ClN2O2. The molecule has 1 saturated heterocycles. The fourth-order valence-corrected chi connectivity index (χ4v) is 2.70. The van der Waals surface area contributed by atoms with Crippen molar-refractivity contribution >= 4 is 18.5 Å². The van der Waals surface area contributed by atoms with Crippen LogP contribution in [0.1, 0.15) is 40.0 Å². The lowest BCUT2D eigenvalue weighted by Crippen LogP contribution is -2.43. The average Bonchev–Trinajstić information content (AvgIpc) is 2.42. The van der Waals surface area contributed by atoms with E-state index in [1.165, 1.54) is 6.42 Å². The molecule has 1 heterocycles. The van der Waals surface area contributed by atoms with Crippen LogP contribution in [0.15, 0.2) is 0 Å². The van der Waals surface area contributed by atoms with Crippen molar-refractivity contribution in [3.63, 3.8) is 0 Å². The van der Waals surface area contributed by atoms with Crippen molar-refractivity contribution in [1.82, 2.24) is 10.6 Å². The van der Waals surface area contributed by atoms with E-state index in [-0.39, 0.29) is 24.5 Å². The second kappa shape index (κ2) is 5.44. The van der Waals surface area contributed by atoms with Gasteiger partial charge in [-0.15, -0.1) is 12.4 Å². The first kappa shape index (κ1) is 14.6. The molecular weight excluding hydrogens is 240 g/mol. The summed E-state index contributed by atoms with van der Waals surface area (Å²) < 4.78 is 5.26. The molecule has 2 bridgehead atoms. The monoisotopic (exact) mass is 262 g/mol. The van der Waals surface area contributed by atoms with Crippen molar-refractivity contribution in [1.29, 1.82) is 0 Å². The van der Waals surface area contributed by atoms with E-state index in [0.29, 0.717) is 6.04 Å². The van der Waals surface area contributed by atoms with Gasteiger partial charge in [0.1, 0.15) is 5.60 Å². The van der Waals surface area contributed by atoms with Gasteiger partial charge in [-0.05, 0) is 52.5 Å². The van der Waals surface area contributed by atoms with E-state index < -0.39 is 5.60 Å². The van der Waals surface area contributed by atoms with E-state index in [0.717, 1.165) is 25.3 Å². The Balaban J connectivity index is 0.00000144. The zero-order valence-corrected chi connectivity index (χ0v) is 11.6. The third-order valence-corrected chi connectivity index (χ3v) is 3.22. The van der Waals surface area contributed by atoms with Crippen molar-refractivity contribution in [3.8, 4) is 0 Å². The van der Waals surface area contributed by atoms with Crippen LogP contribution in [-0.4, -0.2) is 30.3 Å². The lowest BCUT2D eigenvalue weighted by molar-refractivity contribution is 0.0488. The van der Waals surface area contributed by atoms with E-state index >= 15 is 0 Å². The number of rotatable bonds is 1. The number of hydrogen-bond acceptors (Lipinski definition) is 3. The molecule has 17 heavy (non-hydrogen) atoms. The first-order valence-corrected chi connectivity index (χ1v) is 6.15. The highest BCUT2D eigenvalue weighted by molar-refractivity contribution is 5.85. The highest BCUT2D eigenvalue weighted by Gasteiger charge is 2.34. The van der Waals surface area contributed by atoms with Crippen LogP contribution in [-0.2, 0) is 4.74 Å². The summed E-state index contributed by atoms with van der Waals surface area (Å²) >= 11 is 0. The van der Waals surface area contributed by atoms with E-state index in [4.69, 9.17) is 4.74 Å². The maximum absolute atomic E-state index is 11.6. The van der Waals surface area contributed by atoms with Gasteiger partial charge in [-0.25, -0.2) is 4.79 Å². The molecule has 1 aliphatic heterocycles. The Morgan fingerprint density at radius 1 is 1.29 bits per heavy atom. The Labute approximate surface area is 109 Å². The normalized spacial score (nSPS) is 31.6. The highest BCUT2D eigenvalue weighted by Crippen LogP contribution is 2.29. The molecule has 4 nitrogen and oxygen atoms in total. The van der Waals surface area contributed by atoms with Crippen molar-refractivity contribution < 1.29 is 9.53 Å². The number of amides is 1. The SMILES string of the molecule is CC(C)(C)OC(=O)N[C@@H]1C[C@@H]2CN[C@@H](C2)C1.Cl. The van der Waals surface area contributed by atoms with Crippen LogP contribution in [0.3, 0.4) is 0 Å². The van der Waals surface area contributed by atoms with E-state index in [1.807, 2.05) is 20.8 Å². The van der Waals surface area contributed by atoms with Gasteiger partial charge in [0, 0.05) is 12.1 Å². The molecule has 1 saturated carbocycles. The number of nitrogens with one attached hydrogen (secondary N) is 2. The first-order valence-electron chi connectivity index (χ1n) is 6.15. The fraction of sp³-hybridized carbons (Fsp3) is 0.917. The standard InChI is InChI=1S/C12H22N2O2.ClH/c1-12(2,3)16-11(15)14-10-5-8-4-9(6-10)13-7-8;/h8-10,13H,4-7H2,1-3H3,(H,14,15);1H/t8-,9+,10-;/m1./s1. The minimum atomic E-state index is -0.407. The zero-order valence-electron chi connectivity index (χ0n) is 10.8. The third kappa shape index (κ3) is 4.36. The predicted molar refractivity (Wildman–Crippen MR) is 69.5 cm³/mol. The molecule has 0 aromatic heterocycles. The van der Waals surface area contributed by atoms with Crippen molar-refractivity contribution in [2.45, 2.75) is 57.7 Å². The molecule has 100 valence electrons. The summed E-state index contributed by atoms with van der Waals surface area (Å²) in [7, 11) is 0. The molecule has 2 fully saturated rings. The maximum atomic E-state index is 11.6.